The first-order chi connectivity index (χ1) is 9.01. The Bertz CT molecular complexity index is 354. The Labute approximate surface area is 119 Å². The van der Waals surface area contributed by atoms with Gasteiger partial charge in [-0.3, -0.25) is 0 Å². The van der Waals surface area contributed by atoms with Gasteiger partial charge in [0.2, 0.25) is 0 Å². The highest BCUT2D eigenvalue weighted by molar-refractivity contribution is 5.27. The summed E-state index contributed by atoms with van der Waals surface area (Å²) >= 11 is 0. The van der Waals surface area contributed by atoms with Gasteiger partial charge in [0.05, 0.1) is 0 Å². The largest absolute Gasteiger partial charge is 0.319 e. The Hall–Kier alpha value is -0.860. The molecular weight excluding hydrogens is 232 g/mol. The molecule has 1 aromatic carbocycles. The third-order valence-electron chi connectivity index (χ3n) is 4.00. The highest BCUT2D eigenvalue weighted by Crippen LogP contribution is 2.28. The van der Waals surface area contributed by atoms with Crippen molar-refractivity contribution in [2.75, 3.05) is 20.6 Å². The van der Waals surface area contributed by atoms with Crippen LogP contribution in [0, 0.1) is 11.8 Å². The molecule has 2 nitrogen and oxygen atoms in total. The summed E-state index contributed by atoms with van der Waals surface area (Å²) in [5.41, 5.74) is 2.80. The van der Waals surface area contributed by atoms with Gasteiger partial charge in [-0.05, 0) is 49.5 Å². The summed E-state index contributed by atoms with van der Waals surface area (Å²) in [4.78, 5) is 0. The molecule has 0 bridgehead atoms. The fourth-order valence-corrected chi connectivity index (χ4v) is 2.69. The van der Waals surface area contributed by atoms with Crippen molar-refractivity contribution in [3.63, 3.8) is 0 Å². The van der Waals surface area contributed by atoms with E-state index in [1.54, 1.807) is 0 Å². The number of hydrogen-bond donors (Lipinski definition) is 2. The van der Waals surface area contributed by atoms with Crippen LogP contribution in [0.25, 0.3) is 0 Å². The smallest absolute Gasteiger partial charge is 0.0360 e. The van der Waals surface area contributed by atoms with Crippen molar-refractivity contribution in [2.45, 2.75) is 39.7 Å². The van der Waals surface area contributed by atoms with Gasteiger partial charge in [-0.25, -0.2) is 0 Å². The lowest BCUT2D eigenvalue weighted by atomic mass is 9.84. The van der Waals surface area contributed by atoms with E-state index >= 15 is 0 Å². The molecule has 0 aliphatic heterocycles. The predicted molar refractivity (Wildman–Crippen MR) is 84.6 cm³/mol. The molecule has 19 heavy (non-hydrogen) atoms. The normalized spacial score (nSPS) is 14.9. The van der Waals surface area contributed by atoms with E-state index < -0.39 is 0 Å². The molecule has 0 saturated carbocycles. The minimum Gasteiger partial charge on any atom is -0.319 e. The highest BCUT2D eigenvalue weighted by Gasteiger charge is 2.24. The van der Waals surface area contributed by atoms with Gasteiger partial charge in [-0.2, -0.15) is 0 Å². The first kappa shape index (κ1) is 16.2. The second-order valence-corrected chi connectivity index (χ2v) is 6.05. The standard InChI is InChI=1S/C17H30N2/c1-12(2)14-7-9-15(10-8-14)17(19-6)16(11-18-5)13(3)4/h7-10,12-13,16-19H,11H2,1-6H3. The molecule has 2 unspecified atom stereocenters. The molecule has 2 heteroatoms. The molecule has 0 aliphatic rings. The molecule has 0 radical (unpaired) electrons. The Kier molecular flexibility index (Phi) is 6.53. The number of hydrogen-bond acceptors (Lipinski definition) is 2. The lowest BCUT2D eigenvalue weighted by Crippen LogP contribution is -2.35. The second kappa shape index (κ2) is 7.66. The maximum atomic E-state index is 3.49. The number of rotatable bonds is 7. The molecule has 2 N–H and O–H groups in total. The molecule has 0 amide bonds. The molecule has 2 atom stereocenters. The van der Waals surface area contributed by atoms with Crippen LogP contribution in [0.2, 0.25) is 0 Å². The van der Waals surface area contributed by atoms with E-state index in [2.05, 4.69) is 69.6 Å². The topological polar surface area (TPSA) is 24.1 Å². The van der Waals surface area contributed by atoms with Crippen LogP contribution >= 0.6 is 0 Å². The van der Waals surface area contributed by atoms with Crippen molar-refractivity contribution in [3.8, 4) is 0 Å². The van der Waals surface area contributed by atoms with Gasteiger partial charge in [0.25, 0.3) is 0 Å². The monoisotopic (exact) mass is 262 g/mol. The third kappa shape index (κ3) is 4.32. The van der Waals surface area contributed by atoms with E-state index in [-0.39, 0.29) is 0 Å². The summed E-state index contributed by atoms with van der Waals surface area (Å²) in [6, 6.07) is 9.50. The van der Waals surface area contributed by atoms with E-state index in [4.69, 9.17) is 0 Å². The second-order valence-electron chi connectivity index (χ2n) is 6.05. The molecule has 0 fully saturated rings. The van der Waals surface area contributed by atoms with Gasteiger partial charge < -0.3 is 10.6 Å². The lowest BCUT2D eigenvalue weighted by Gasteiger charge is -2.30. The summed E-state index contributed by atoms with van der Waals surface area (Å²) in [6.07, 6.45) is 0. The van der Waals surface area contributed by atoms with Crippen molar-refractivity contribution < 1.29 is 0 Å². The van der Waals surface area contributed by atoms with Gasteiger partial charge in [-0.1, -0.05) is 52.0 Å². The fourth-order valence-electron chi connectivity index (χ4n) is 2.69. The van der Waals surface area contributed by atoms with E-state index in [1.807, 2.05) is 7.05 Å². The van der Waals surface area contributed by atoms with Gasteiger partial charge in [0, 0.05) is 6.04 Å². The third-order valence-corrected chi connectivity index (χ3v) is 4.00. The van der Waals surface area contributed by atoms with Crippen molar-refractivity contribution >= 4 is 0 Å². The zero-order chi connectivity index (χ0) is 14.4. The quantitative estimate of drug-likeness (QED) is 0.785. The van der Waals surface area contributed by atoms with E-state index in [0.29, 0.717) is 23.8 Å². The first-order valence-electron chi connectivity index (χ1n) is 7.43. The number of nitrogens with one attached hydrogen (secondary N) is 2. The van der Waals surface area contributed by atoms with Crippen LogP contribution < -0.4 is 10.6 Å². The summed E-state index contributed by atoms with van der Waals surface area (Å²) in [7, 11) is 4.09. The van der Waals surface area contributed by atoms with Crippen LogP contribution in [-0.4, -0.2) is 20.6 Å². The molecule has 0 spiro atoms. The Morgan fingerprint density at radius 3 is 1.79 bits per heavy atom. The zero-order valence-electron chi connectivity index (χ0n) is 13.3. The Balaban J connectivity index is 2.94. The molecule has 0 aliphatic carbocycles. The van der Waals surface area contributed by atoms with Crippen molar-refractivity contribution in [1.82, 2.24) is 10.6 Å². The van der Waals surface area contributed by atoms with Crippen LogP contribution in [-0.2, 0) is 0 Å². The van der Waals surface area contributed by atoms with Crippen LogP contribution in [0.15, 0.2) is 24.3 Å². The van der Waals surface area contributed by atoms with E-state index in [9.17, 15) is 0 Å². The molecule has 108 valence electrons. The van der Waals surface area contributed by atoms with Gasteiger partial charge in [0.1, 0.15) is 0 Å². The molecule has 1 aromatic rings. The van der Waals surface area contributed by atoms with Crippen molar-refractivity contribution in [2.24, 2.45) is 11.8 Å². The average Bonchev–Trinajstić information content (AvgIpc) is 2.39. The number of benzene rings is 1. The van der Waals surface area contributed by atoms with Crippen LogP contribution in [0.4, 0.5) is 0 Å². The first-order valence-corrected chi connectivity index (χ1v) is 7.43. The van der Waals surface area contributed by atoms with Crippen molar-refractivity contribution in [3.05, 3.63) is 35.4 Å². The molecule has 0 aromatic heterocycles. The zero-order valence-corrected chi connectivity index (χ0v) is 13.3. The summed E-state index contributed by atoms with van der Waals surface area (Å²) < 4.78 is 0. The maximum absolute atomic E-state index is 3.49. The fraction of sp³-hybridized carbons (Fsp3) is 0.647. The average molecular weight is 262 g/mol. The molecular formula is C17H30N2. The van der Waals surface area contributed by atoms with Gasteiger partial charge in [0.15, 0.2) is 0 Å². The summed E-state index contributed by atoms with van der Waals surface area (Å²) in [5, 5.41) is 6.82. The molecule has 0 saturated heterocycles. The SMILES string of the molecule is CNCC(C(C)C)C(NC)c1ccc(C(C)C)cc1. The van der Waals surface area contributed by atoms with Crippen LogP contribution in [0.5, 0.6) is 0 Å². The highest BCUT2D eigenvalue weighted by atomic mass is 14.9. The molecule has 1 rings (SSSR count). The Morgan fingerprint density at radius 2 is 1.42 bits per heavy atom. The van der Waals surface area contributed by atoms with Gasteiger partial charge >= 0.3 is 0 Å². The summed E-state index contributed by atoms with van der Waals surface area (Å²) in [5.74, 6) is 1.84. The maximum Gasteiger partial charge on any atom is 0.0360 e. The van der Waals surface area contributed by atoms with Crippen LogP contribution in [0.1, 0.15) is 50.8 Å². The molecule has 0 heterocycles. The van der Waals surface area contributed by atoms with Crippen molar-refractivity contribution in [1.29, 1.82) is 0 Å². The van der Waals surface area contributed by atoms with Crippen LogP contribution in [0.3, 0.4) is 0 Å². The predicted octanol–water partition coefficient (Wildman–Crippen LogP) is 3.56. The Morgan fingerprint density at radius 1 is 0.895 bits per heavy atom. The van der Waals surface area contributed by atoms with E-state index in [0.717, 1.165) is 6.54 Å². The minimum atomic E-state index is 0.411. The lowest BCUT2D eigenvalue weighted by molar-refractivity contribution is 0.284. The van der Waals surface area contributed by atoms with E-state index in [1.165, 1.54) is 11.1 Å². The summed E-state index contributed by atoms with van der Waals surface area (Å²) in [6.45, 7) is 10.1. The van der Waals surface area contributed by atoms with Gasteiger partial charge in [-0.15, -0.1) is 0 Å². The minimum absolute atomic E-state index is 0.411.